The topological polar surface area (TPSA) is 37.8 Å². The smallest absolute Gasteiger partial charge is 0.125 e. The summed E-state index contributed by atoms with van der Waals surface area (Å²) in [5.41, 5.74) is 4.64. The fourth-order valence-corrected chi connectivity index (χ4v) is 2.66. The van der Waals surface area contributed by atoms with Crippen LogP contribution in [0.5, 0.6) is 0 Å². The first kappa shape index (κ1) is 13.0. The average molecular weight is 306 g/mol. The number of rotatable bonds is 3. The zero-order valence-electron chi connectivity index (χ0n) is 10.8. The van der Waals surface area contributed by atoms with Gasteiger partial charge in [0, 0.05) is 16.4 Å². The van der Waals surface area contributed by atoms with E-state index in [0.29, 0.717) is 6.54 Å². The molecule has 0 amide bonds. The normalized spacial score (nSPS) is 10.4. The summed E-state index contributed by atoms with van der Waals surface area (Å²) in [5.74, 6) is 0.804. The SMILES string of the molecule is Cc1nccc(CNc2c(C)cc(Br)cc2C)n1. The second kappa shape index (κ2) is 5.48. The molecule has 1 aromatic carbocycles. The summed E-state index contributed by atoms with van der Waals surface area (Å²) in [4.78, 5) is 8.48. The summed E-state index contributed by atoms with van der Waals surface area (Å²) >= 11 is 3.50. The van der Waals surface area contributed by atoms with Gasteiger partial charge in [-0.1, -0.05) is 15.9 Å². The van der Waals surface area contributed by atoms with E-state index in [9.17, 15) is 0 Å². The molecule has 0 aliphatic carbocycles. The van der Waals surface area contributed by atoms with Crippen molar-refractivity contribution >= 4 is 21.6 Å². The van der Waals surface area contributed by atoms with Gasteiger partial charge in [0.1, 0.15) is 5.82 Å². The molecule has 1 heterocycles. The highest BCUT2D eigenvalue weighted by atomic mass is 79.9. The molecule has 2 rings (SSSR count). The van der Waals surface area contributed by atoms with Gasteiger partial charge in [-0.25, -0.2) is 9.97 Å². The first-order valence-electron chi connectivity index (χ1n) is 5.85. The molecular formula is C14H16BrN3. The van der Waals surface area contributed by atoms with Crippen molar-refractivity contribution in [3.05, 3.63) is 51.5 Å². The number of nitrogens with zero attached hydrogens (tertiary/aromatic N) is 2. The van der Waals surface area contributed by atoms with E-state index >= 15 is 0 Å². The molecule has 0 atom stereocenters. The van der Waals surface area contributed by atoms with Crippen LogP contribution in [0.3, 0.4) is 0 Å². The Labute approximate surface area is 116 Å². The molecule has 0 unspecified atom stereocenters. The van der Waals surface area contributed by atoms with Crippen molar-refractivity contribution in [2.24, 2.45) is 0 Å². The molecule has 1 aromatic heterocycles. The number of halogens is 1. The van der Waals surface area contributed by atoms with E-state index in [-0.39, 0.29) is 0 Å². The molecule has 3 nitrogen and oxygen atoms in total. The third kappa shape index (κ3) is 3.07. The predicted octanol–water partition coefficient (Wildman–Crippen LogP) is 3.78. The molecule has 18 heavy (non-hydrogen) atoms. The summed E-state index contributed by atoms with van der Waals surface area (Å²) in [6.45, 7) is 6.82. The van der Waals surface area contributed by atoms with Crippen LogP contribution in [0.25, 0.3) is 0 Å². The monoisotopic (exact) mass is 305 g/mol. The molecule has 0 spiro atoms. The number of aryl methyl sites for hydroxylation is 3. The van der Waals surface area contributed by atoms with E-state index in [1.54, 1.807) is 6.20 Å². The van der Waals surface area contributed by atoms with Gasteiger partial charge in [0.2, 0.25) is 0 Å². The average Bonchev–Trinajstić information content (AvgIpc) is 2.27. The molecule has 0 saturated carbocycles. The maximum absolute atomic E-state index is 4.38. The molecule has 2 aromatic rings. The van der Waals surface area contributed by atoms with Gasteiger partial charge < -0.3 is 5.32 Å². The van der Waals surface area contributed by atoms with Crippen molar-refractivity contribution in [3.8, 4) is 0 Å². The van der Waals surface area contributed by atoms with Crippen LogP contribution in [0.1, 0.15) is 22.6 Å². The predicted molar refractivity (Wildman–Crippen MR) is 77.7 cm³/mol. The van der Waals surface area contributed by atoms with Gasteiger partial charge in [-0.3, -0.25) is 0 Å². The first-order valence-corrected chi connectivity index (χ1v) is 6.64. The zero-order valence-corrected chi connectivity index (χ0v) is 12.4. The second-order valence-electron chi connectivity index (χ2n) is 4.36. The minimum Gasteiger partial charge on any atom is -0.379 e. The fourth-order valence-electron chi connectivity index (χ4n) is 1.97. The highest BCUT2D eigenvalue weighted by Crippen LogP contribution is 2.25. The lowest BCUT2D eigenvalue weighted by atomic mass is 10.1. The fraction of sp³-hybridized carbons (Fsp3) is 0.286. The minimum atomic E-state index is 0.715. The Morgan fingerprint density at radius 1 is 1.17 bits per heavy atom. The molecule has 0 bridgehead atoms. The van der Waals surface area contributed by atoms with Crippen molar-refractivity contribution in [2.75, 3.05) is 5.32 Å². The van der Waals surface area contributed by atoms with Crippen molar-refractivity contribution in [1.82, 2.24) is 9.97 Å². The molecule has 0 saturated heterocycles. The Morgan fingerprint density at radius 3 is 2.44 bits per heavy atom. The number of hydrogen-bond donors (Lipinski definition) is 1. The summed E-state index contributed by atoms with van der Waals surface area (Å²) < 4.78 is 1.11. The van der Waals surface area contributed by atoms with Gasteiger partial charge in [0.05, 0.1) is 12.2 Å². The van der Waals surface area contributed by atoms with E-state index in [0.717, 1.165) is 16.0 Å². The Balaban J connectivity index is 2.16. The van der Waals surface area contributed by atoms with Crippen molar-refractivity contribution in [1.29, 1.82) is 0 Å². The standard InChI is InChI=1S/C14H16BrN3/c1-9-6-12(15)7-10(2)14(9)17-8-13-4-5-16-11(3)18-13/h4-7,17H,8H2,1-3H3. The van der Waals surface area contributed by atoms with Gasteiger partial charge in [-0.05, 0) is 50.1 Å². The van der Waals surface area contributed by atoms with E-state index < -0.39 is 0 Å². The van der Waals surface area contributed by atoms with E-state index in [1.165, 1.54) is 16.8 Å². The number of hydrogen-bond acceptors (Lipinski definition) is 3. The van der Waals surface area contributed by atoms with Crippen molar-refractivity contribution in [2.45, 2.75) is 27.3 Å². The Morgan fingerprint density at radius 2 is 1.83 bits per heavy atom. The highest BCUT2D eigenvalue weighted by Gasteiger charge is 2.04. The van der Waals surface area contributed by atoms with Crippen LogP contribution in [0, 0.1) is 20.8 Å². The van der Waals surface area contributed by atoms with Crippen LogP contribution in [-0.4, -0.2) is 9.97 Å². The van der Waals surface area contributed by atoms with Crippen LogP contribution in [0.15, 0.2) is 28.9 Å². The zero-order chi connectivity index (χ0) is 13.1. The summed E-state index contributed by atoms with van der Waals surface area (Å²) in [5, 5.41) is 3.44. The minimum absolute atomic E-state index is 0.715. The number of aromatic nitrogens is 2. The van der Waals surface area contributed by atoms with E-state index in [1.807, 2.05) is 13.0 Å². The van der Waals surface area contributed by atoms with Crippen molar-refractivity contribution < 1.29 is 0 Å². The largest absolute Gasteiger partial charge is 0.379 e. The number of benzene rings is 1. The lowest BCUT2D eigenvalue weighted by Crippen LogP contribution is -2.05. The lowest BCUT2D eigenvalue weighted by Gasteiger charge is -2.13. The van der Waals surface area contributed by atoms with E-state index in [4.69, 9.17) is 0 Å². The molecule has 94 valence electrons. The Bertz CT molecular complexity index is 544. The van der Waals surface area contributed by atoms with Gasteiger partial charge in [0.25, 0.3) is 0 Å². The van der Waals surface area contributed by atoms with E-state index in [2.05, 4.69) is 57.2 Å². The Kier molecular flexibility index (Phi) is 3.97. The third-order valence-corrected chi connectivity index (χ3v) is 3.24. The van der Waals surface area contributed by atoms with Gasteiger partial charge >= 0.3 is 0 Å². The molecule has 0 radical (unpaired) electrons. The summed E-state index contributed by atoms with van der Waals surface area (Å²) in [6.07, 6.45) is 1.79. The van der Waals surface area contributed by atoms with Crippen LogP contribution in [0.4, 0.5) is 5.69 Å². The quantitative estimate of drug-likeness (QED) is 0.938. The van der Waals surface area contributed by atoms with Crippen molar-refractivity contribution in [3.63, 3.8) is 0 Å². The summed E-state index contributed by atoms with van der Waals surface area (Å²) in [7, 11) is 0. The van der Waals surface area contributed by atoms with Gasteiger partial charge in [-0.15, -0.1) is 0 Å². The van der Waals surface area contributed by atoms with Crippen LogP contribution in [0.2, 0.25) is 0 Å². The van der Waals surface area contributed by atoms with Crippen LogP contribution < -0.4 is 5.32 Å². The maximum atomic E-state index is 4.38. The second-order valence-corrected chi connectivity index (χ2v) is 5.28. The van der Waals surface area contributed by atoms with Gasteiger partial charge in [-0.2, -0.15) is 0 Å². The van der Waals surface area contributed by atoms with Crippen LogP contribution >= 0.6 is 15.9 Å². The number of nitrogens with one attached hydrogen (secondary N) is 1. The summed E-state index contributed by atoms with van der Waals surface area (Å²) in [6, 6.07) is 6.16. The molecule has 0 aliphatic heterocycles. The molecular weight excluding hydrogens is 290 g/mol. The Hall–Kier alpha value is -1.42. The lowest BCUT2D eigenvalue weighted by molar-refractivity contribution is 0.953. The van der Waals surface area contributed by atoms with Crippen LogP contribution in [-0.2, 0) is 6.54 Å². The molecule has 1 N–H and O–H groups in total. The molecule has 4 heteroatoms. The number of anilines is 1. The maximum Gasteiger partial charge on any atom is 0.125 e. The molecule has 0 aliphatic rings. The first-order chi connectivity index (χ1) is 8.56. The molecule has 0 fully saturated rings. The highest BCUT2D eigenvalue weighted by molar-refractivity contribution is 9.10. The van der Waals surface area contributed by atoms with Gasteiger partial charge in [0.15, 0.2) is 0 Å². The third-order valence-electron chi connectivity index (χ3n) is 2.78.